The summed E-state index contributed by atoms with van der Waals surface area (Å²) in [5, 5.41) is 17.8. The standard InChI is InChI=1S/C9H13O4P.K/c10-6-8(11)7-14(12,13)9-4-2-1-3-5-9;/h1-5,8,10-11H,6-7H2,(H,12,13);/q;+1/p-1. The van der Waals surface area contributed by atoms with Gasteiger partial charge in [0.15, 0.2) is 0 Å². The summed E-state index contributed by atoms with van der Waals surface area (Å²) >= 11 is 0. The van der Waals surface area contributed by atoms with Crippen LogP contribution < -0.4 is 61.6 Å². The third kappa shape index (κ3) is 5.21. The molecule has 6 heteroatoms. The van der Waals surface area contributed by atoms with Crippen LogP contribution in [0.2, 0.25) is 0 Å². The second kappa shape index (κ2) is 7.32. The van der Waals surface area contributed by atoms with Crippen molar-refractivity contribution in [3.8, 4) is 0 Å². The van der Waals surface area contributed by atoms with Gasteiger partial charge in [0, 0.05) is 13.5 Å². The molecule has 0 saturated carbocycles. The Hall–Kier alpha value is 0.966. The van der Waals surface area contributed by atoms with Crippen molar-refractivity contribution in [3.63, 3.8) is 0 Å². The Morgan fingerprint density at radius 1 is 1.33 bits per heavy atom. The number of aliphatic hydroxyl groups is 2. The first-order valence-corrected chi connectivity index (χ1v) is 6.02. The van der Waals surface area contributed by atoms with E-state index >= 15 is 0 Å². The Morgan fingerprint density at radius 2 is 1.87 bits per heavy atom. The molecule has 1 aromatic carbocycles. The van der Waals surface area contributed by atoms with Crippen LogP contribution in [-0.2, 0) is 4.57 Å². The number of benzene rings is 1. The van der Waals surface area contributed by atoms with E-state index in [0.717, 1.165) is 0 Å². The van der Waals surface area contributed by atoms with Crippen LogP contribution in [-0.4, -0.2) is 29.1 Å². The number of hydrogen-bond donors (Lipinski definition) is 2. The minimum absolute atomic E-state index is 0. The quantitative estimate of drug-likeness (QED) is 0.428. The van der Waals surface area contributed by atoms with Gasteiger partial charge >= 0.3 is 51.4 Å². The average Bonchev–Trinajstić information content (AvgIpc) is 2.18. The Bertz CT molecular complexity index is 330. The largest absolute Gasteiger partial charge is 1.00 e. The van der Waals surface area contributed by atoms with Crippen molar-refractivity contribution in [3.05, 3.63) is 30.3 Å². The zero-order valence-electron chi connectivity index (χ0n) is 8.54. The third-order valence-electron chi connectivity index (χ3n) is 1.81. The van der Waals surface area contributed by atoms with Crippen LogP contribution in [0, 0.1) is 0 Å². The maximum Gasteiger partial charge on any atom is 1.00 e. The van der Waals surface area contributed by atoms with Gasteiger partial charge in [0.05, 0.1) is 12.7 Å². The van der Waals surface area contributed by atoms with Gasteiger partial charge in [0.25, 0.3) is 0 Å². The molecule has 1 rings (SSSR count). The molecule has 2 unspecified atom stereocenters. The van der Waals surface area contributed by atoms with Crippen LogP contribution in [0.15, 0.2) is 30.3 Å². The van der Waals surface area contributed by atoms with Crippen LogP contribution in [0.4, 0.5) is 0 Å². The number of hydrogen-bond acceptors (Lipinski definition) is 4. The van der Waals surface area contributed by atoms with Crippen molar-refractivity contribution in [1.82, 2.24) is 0 Å². The summed E-state index contributed by atoms with van der Waals surface area (Å²) in [6.07, 6.45) is -1.63. The minimum Gasteiger partial charge on any atom is -0.796 e. The van der Waals surface area contributed by atoms with Crippen molar-refractivity contribution >= 4 is 12.7 Å². The maximum absolute atomic E-state index is 11.6. The van der Waals surface area contributed by atoms with Gasteiger partial charge in [0.1, 0.15) is 0 Å². The molecule has 0 heterocycles. The summed E-state index contributed by atoms with van der Waals surface area (Å²) in [5.41, 5.74) is 0. The van der Waals surface area contributed by atoms with Crippen molar-refractivity contribution in [2.75, 3.05) is 12.8 Å². The van der Waals surface area contributed by atoms with Crippen molar-refractivity contribution in [2.24, 2.45) is 0 Å². The Kier molecular flexibility index (Phi) is 7.79. The van der Waals surface area contributed by atoms with Gasteiger partial charge in [0.2, 0.25) is 0 Å². The van der Waals surface area contributed by atoms with Crippen LogP contribution in [0.1, 0.15) is 0 Å². The molecule has 0 aliphatic rings. The van der Waals surface area contributed by atoms with Crippen LogP contribution >= 0.6 is 7.37 Å². The first-order chi connectivity index (χ1) is 6.56. The fraction of sp³-hybridized carbons (Fsp3) is 0.333. The average molecular weight is 254 g/mol. The van der Waals surface area contributed by atoms with Crippen LogP contribution in [0.25, 0.3) is 0 Å². The number of aliphatic hydroxyl groups excluding tert-OH is 2. The Labute approximate surface area is 131 Å². The van der Waals surface area contributed by atoms with E-state index in [1.165, 1.54) is 12.1 Å². The molecule has 0 aliphatic carbocycles. The fourth-order valence-corrected chi connectivity index (χ4v) is 2.60. The number of rotatable bonds is 4. The molecule has 0 bridgehead atoms. The topological polar surface area (TPSA) is 80.6 Å². The third-order valence-corrected chi connectivity index (χ3v) is 3.80. The van der Waals surface area contributed by atoms with Crippen molar-refractivity contribution < 1.29 is 71.1 Å². The zero-order chi connectivity index (χ0) is 10.6. The van der Waals surface area contributed by atoms with Gasteiger partial charge < -0.3 is 19.7 Å². The van der Waals surface area contributed by atoms with E-state index < -0.39 is 26.2 Å². The van der Waals surface area contributed by atoms with E-state index in [9.17, 15) is 9.46 Å². The first kappa shape index (κ1) is 16.0. The second-order valence-electron chi connectivity index (χ2n) is 3.03. The molecule has 78 valence electrons. The Balaban J connectivity index is 0.00000196. The molecule has 0 spiro atoms. The van der Waals surface area contributed by atoms with E-state index in [1.54, 1.807) is 18.2 Å². The molecule has 4 nitrogen and oxygen atoms in total. The molecular weight excluding hydrogens is 242 g/mol. The molecule has 0 saturated heterocycles. The predicted molar refractivity (Wildman–Crippen MR) is 51.6 cm³/mol. The summed E-state index contributed by atoms with van der Waals surface area (Å²) in [7, 11) is -3.78. The van der Waals surface area contributed by atoms with E-state index in [0.29, 0.717) is 0 Å². The maximum atomic E-state index is 11.6. The SMILES string of the molecule is O=P([O-])(CC(O)CO)c1ccccc1.[K+]. The van der Waals surface area contributed by atoms with E-state index in [1.807, 2.05) is 0 Å². The van der Waals surface area contributed by atoms with Crippen molar-refractivity contribution in [2.45, 2.75) is 6.10 Å². The summed E-state index contributed by atoms with van der Waals surface area (Å²) < 4.78 is 11.6. The van der Waals surface area contributed by atoms with E-state index in [-0.39, 0.29) is 56.7 Å². The van der Waals surface area contributed by atoms with Gasteiger partial charge in [-0.1, -0.05) is 30.3 Å². The minimum atomic E-state index is -3.78. The second-order valence-corrected chi connectivity index (χ2v) is 5.26. The van der Waals surface area contributed by atoms with Crippen molar-refractivity contribution in [1.29, 1.82) is 0 Å². The van der Waals surface area contributed by atoms with Crippen LogP contribution in [0.3, 0.4) is 0 Å². The fourth-order valence-electron chi connectivity index (χ4n) is 1.10. The molecule has 0 radical (unpaired) electrons. The summed E-state index contributed by atoms with van der Waals surface area (Å²) in [6, 6.07) is 7.89. The summed E-state index contributed by atoms with van der Waals surface area (Å²) in [5.74, 6) is 0. The normalized spacial score (nSPS) is 16.2. The molecule has 0 aliphatic heterocycles. The molecular formula is C9H12KO4P. The molecule has 0 aromatic heterocycles. The van der Waals surface area contributed by atoms with Gasteiger partial charge in [-0.25, -0.2) is 0 Å². The Morgan fingerprint density at radius 3 is 2.33 bits per heavy atom. The molecule has 15 heavy (non-hydrogen) atoms. The van der Waals surface area contributed by atoms with E-state index in [4.69, 9.17) is 10.2 Å². The molecule has 2 atom stereocenters. The monoisotopic (exact) mass is 254 g/mol. The molecule has 0 fully saturated rings. The van der Waals surface area contributed by atoms with E-state index in [2.05, 4.69) is 0 Å². The summed E-state index contributed by atoms with van der Waals surface area (Å²) in [4.78, 5) is 11.6. The van der Waals surface area contributed by atoms with Gasteiger partial charge in [-0.05, 0) is 5.30 Å². The van der Waals surface area contributed by atoms with Gasteiger partial charge in [-0.3, -0.25) is 0 Å². The molecule has 1 aromatic rings. The first-order valence-electron chi connectivity index (χ1n) is 4.21. The van der Waals surface area contributed by atoms with Crippen LogP contribution in [0.5, 0.6) is 0 Å². The van der Waals surface area contributed by atoms with Gasteiger partial charge in [-0.15, -0.1) is 0 Å². The predicted octanol–water partition coefficient (Wildman–Crippen LogP) is -3.69. The zero-order valence-corrected chi connectivity index (χ0v) is 12.6. The van der Waals surface area contributed by atoms with Gasteiger partial charge in [-0.2, -0.15) is 0 Å². The summed E-state index contributed by atoms with van der Waals surface area (Å²) in [6.45, 7) is -0.543. The molecule has 2 N–H and O–H groups in total. The molecule has 0 amide bonds. The smallest absolute Gasteiger partial charge is 0.796 e.